The van der Waals surface area contributed by atoms with E-state index in [1.54, 1.807) is 0 Å². The Morgan fingerprint density at radius 2 is 0.837 bits per heavy atom. The van der Waals surface area contributed by atoms with Crippen molar-refractivity contribution < 1.29 is 0 Å². The number of benzene rings is 8. The summed E-state index contributed by atoms with van der Waals surface area (Å²) in [5, 5.41) is 13.1. The van der Waals surface area contributed by atoms with E-state index < -0.39 is 0 Å². The van der Waals surface area contributed by atoms with E-state index in [9.17, 15) is 0 Å². The van der Waals surface area contributed by atoms with Crippen LogP contribution in [0.2, 0.25) is 0 Å². The molecule has 1 nitrogen and oxygen atoms in total. The van der Waals surface area contributed by atoms with Crippen LogP contribution in [0.15, 0.2) is 152 Å². The maximum absolute atomic E-state index is 2.46. The highest BCUT2D eigenvalue weighted by Gasteiger charge is 2.19. The Morgan fingerprint density at radius 3 is 1.63 bits per heavy atom. The van der Waals surface area contributed by atoms with E-state index in [0.29, 0.717) is 0 Å². The van der Waals surface area contributed by atoms with Crippen molar-refractivity contribution in [1.82, 2.24) is 4.40 Å². The lowest BCUT2D eigenvalue weighted by Crippen LogP contribution is -1.86. The molecule has 0 saturated heterocycles. The average molecular weight is 544 g/mol. The standard InChI is InChI=1S/C42H25N/c1-2-14-32-30(12-1)31-13-3-4-15-33(31)38-25-27(22-23-34(32)38)26-10-7-11-28(24-26)29-17-9-21-40-41(29)37-19-8-18-36-35-16-5-6-20-39(35)43(40)42(36)37/h1-25H. The van der Waals surface area contributed by atoms with Crippen molar-refractivity contribution in [2.24, 2.45) is 0 Å². The first-order chi connectivity index (χ1) is 21.3. The minimum absolute atomic E-state index is 1.23. The Labute approximate surface area is 248 Å². The highest BCUT2D eigenvalue weighted by Crippen LogP contribution is 2.43. The minimum Gasteiger partial charge on any atom is -0.308 e. The molecule has 0 N–H and O–H groups in total. The van der Waals surface area contributed by atoms with Gasteiger partial charge in [0.25, 0.3) is 0 Å². The Balaban J connectivity index is 1.21. The van der Waals surface area contributed by atoms with Crippen molar-refractivity contribution >= 4 is 70.4 Å². The zero-order valence-electron chi connectivity index (χ0n) is 23.4. The topological polar surface area (TPSA) is 4.41 Å². The fourth-order valence-corrected chi connectivity index (χ4v) is 7.67. The van der Waals surface area contributed by atoms with Crippen molar-refractivity contribution in [2.45, 2.75) is 0 Å². The van der Waals surface area contributed by atoms with E-state index in [1.807, 2.05) is 0 Å². The van der Waals surface area contributed by atoms with Crippen LogP contribution in [0.3, 0.4) is 0 Å². The molecule has 0 amide bonds. The molecular formula is C42H25N. The van der Waals surface area contributed by atoms with Gasteiger partial charge in [0.15, 0.2) is 0 Å². The molecule has 0 spiro atoms. The van der Waals surface area contributed by atoms with E-state index in [0.717, 1.165) is 0 Å². The van der Waals surface area contributed by atoms with Gasteiger partial charge in [0.05, 0.1) is 16.6 Å². The van der Waals surface area contributed by atoms with Gasteiger partial charge in [-0.25, -0.2) is 0 Å². The van der Waals surface area contributed by atoms with Gasteiger partial charge < -0.3 is 4.40 Å². The lowest BCUT2D eigenvalue weighted by Gasteiger charge is -2.13. The minimum atomic E-state index is 1.23. The van der Waals surface area contributed by atoms with Gasteiger partial charge in [0, 0.05) is 21.5 Å². The summed E-state index contributed by atoms with van der Waals surface area (Å²) < 4.78 is 2.46. The number of nitrogens with zero attached hydrogens (tertiary/aromatic N) is 1. The monoisotopic (exact) mass is 543 g/mol. The molecule has 0 atom stereocenters. The second kappa shape index (κ2) is 8.44. The third-order valence-corrected chi connectivity index (χ3v) is 9.50. The van der Waals surface area contributed by atoms with Crippen LogP contribution < -0.4 is 0 Å². The van der Waals surface area contributed by atoms with Gasteiger partial charge >= 0.3 is 0 Å². The Morgan fingerprint density at radius 1 is 0.302 bits per heavy atom. The van der Waals surface area contributed by atoms with E-state index in [-0.39, 0.29) is 0 Å². The highest BCUT2D eigenvalue weighted by molar-refractivity contribution is 6.27. The molecule has 10 aromatic rings. The molecule has 8 aromatic carbocycles. The molecule has 0 aliphatic rings. The van der Waals surface area contributed by atoms with Crippen LogP contribution in [0, 0.1) is 0 Å². The number of hydrogen-bond acceptors (Lipinski definition) is 0. The fourth-order valence-electron chi connectivity index (χ4n) is 7.67. The predicted octanol–water partition coefficient (Wildman–Crippen LogP) is 11.6. The van der Waals surface area contributed by atoms with Gasteiger partial charge in [-0.3, -0.25) is 0 Å². The summed E-state index contributed by atoms with van der Waals surface area (Å²) in [6, 6.07) is 55.9. The summed E-state index contributed by atoms with van der Waals surface area (Å²) in [6.07, 6.45) is 0. The molecule has 10 rings (SSSR count). The third-order valence-electron chi connectivity index (χ3n) is 9.50. The Kier molecular flexibility index (Phi) is 4.51. The molecule has 0 aliphatic heterocycles. The normalized spacial score (nSPS) is 12.2. The van der Waals surface area contributed by atoms with E-state index >= 15 is 0 Å². The summed E-state index contributed by atoms with van der Waals surface area (Å²) in [5.41, 5.74) is 8.83. The molecule has 198 valence electrons. The van der Waals surface area contributed by atoms with Crippen molar-refractivity contribution in [3.8, 4) is 22.3 Å². The molecule has 2 heterocycles. The molecule has 2 aromatic heterocycles. The zero-order valence-corrected chi connectivity index (χ0v) is 23.4. The summed E-state index contributed by atoms with van der Waals surface area (Å²) in [5.74, 6) is 0. The molecule has 1 heteroatoms. The van der Waals surface area contributed by atoms with Gasteiger partial charge in [-0.1, -0.05) is 127 Å². The summed E-state index contributed by atoms with van der Waals surface area (Å²) in [6.45, 7) is 0. The largest absolute Gasteiger partial charge is 0.308 e. The predicted molar refractivity (Wildman–Crippen MR) is 184 cm³/mol. The van der Waals surface area contributed by atoms with Crippen molar-refractivity contribution in [1.29, 1.82) is 0 Å². The Bertz CT molecular complexity index is 2690. The van der Waals surface area contributed by atoms with Crippen LogP contribution in [-0.2, 0) is 0 Å². The van der Waals surface area contributed by atoms with Gasteiger partial charge in [0.2, 0.25) is 0 Å². The maximum atomic E-state index is 2.46. The molecule has 0 bridgehead atoms. The number of hydrogen-bond donors (Lipinski definition) is 0. The van der Waals surface area contributed by atoms with Crippen molar-refractivity contribution in [3.63, 3.8) is 0 Å². The van der Waals surface area contributed by atoms with Crippen LogP contribution in [0.4, 0.5) is 0 Å². The molecule has 0 saturated carbocycles. The van der Waals surface area contributed by atoms with Crippen LogP contribution in [0.1, 0.15) is 0 Å². The average Bonchev–Trinajstić information content (AvgIpc) is 3.61. The first kappa shape index (κ1) is 23.0. The first-order valence-electron chi connectivity index (χ1n) is 15.0. The molecule has 43 heavy (non-hydrogen) atoms. The van der Waals surface area contributed by atoms with E-state index in [1.165, 1.54) is 92.7 Å². The van der Waals surface area contributed by atoms with Crippen LogP contribution in [0.5, 0.6) is 0 Å². The number of rotatable bonds is 2. The maximum Gasteiger partial charge on any atom is 0.0620 e. The van der Waals surface area contributed by atoms with Crippen molar-refractivity contribution in [2.75, 3.05) is 0 Å². The SMILES string of the molecule is c1cc(-c2ccc3c4ccccc4c4ccccc4c3c2)cc(-c2cccc3c2c2cccc4c5ccccc5n3c42)c1. The number of para-hydroxylation sites is 2. The molecule has 0 aliphatic carbocycles. The van der Waals surface area contributed by atoms with Crippen molar-refractivity contribution in [3.05, 3.63) is 152 Å². The first-order valence-corrected chi connectivity index (χ1v) is 15.0. The van der Waals surface area contributed by atoms with Crippen LogP contribution >= 0.6 is 0 Å². The molecule has 0 unspecified atom stereocenters. The van der Waals surface area contributed by atoms with Gasteiger partial charge in [-0.05, 0) is 78.8 Å². The number of fused-ring (bicyclic) bond motifs is 12. The summed E-state index contributed by atoms with van der Waals surface area (Å²) in [7, 11) is 0. The second-order valence-electron chi connectivity index (χ2n) is 11.7. The fraction of sp³-hybridized carbons (Fsp3) is 0. The van der Waals surface area contributed by atoms with Gasteiger partial charge in [-0.2, -0.15) is 0 Å². The summed E-state index contributed by atoms with van der Waals surface area (Å²) in [4.78, 5) is 0. The third kappa shape index (κ3) is 3.06. The van der Waals surface area contributed by atoms with Crippen LogP contribution in [0.25, 0.3) is 92.7 Å². The molecular weight excluding hydrogens is 518 g/mol. The lowest BCUT2D eigenvalue weighted by molar-refractivity contribution is 1.37. The quantitative estimate of drug-likeness (QED) is 0.191. The lowest BCUT2D eigenvalue weighted by atomic mass is 9.91. The number of aromatic nitrogens is 1. The second-order valence-corrected chi connectivity index (χ2v) is 11.7. The van der Waals surface area contributed by atoms with E-state index in [2.05, 4.69) is 156 Å². The van der Waals surface area contributed by atoms with E-state index in [4.69, 9.17) is 0 Å². The van der Waals surface area contributed by atoms with Gasteiger partial charge in [-0.15, -0.1) is 0 Å². The molecule has 0 fully saturated rings. The molecule has 0 radical (unpaired) electrons. The Hall–Kier alpha value is -5.66. The zero-order chi connectivity index (χ0) is 28.1. The smallest absolute Gasteiger partial charge is 0.0620 e. The van der Waals surface area contributed by atoms with Crippen LogP contribution in [-0.4, -0.2) is 4.40 Å². The highest BCUT2D eigenvalue weighted by atomic mass is 14.9. The van der Waals surface area contributed by atoms with Gasteiger partial charge in [0.1, 0.15) is 0 Å². The summed E-state index contributed by atoms with van der Waals surface area (Å²) >= 11 is 0.